The van der Waals surface area contributed by atoms with Gasteiger partial charge in [-0.05, 0) is 56.0 Å². The maximum absolute atomic E-state index is 12.9. The Morgan fingerprint density at radius 2 is 1.78 bits per heavy atom. The number of anilines is 1. The van der Waals surface area contributed by atoms with Crippen LogP contribution in [0.25, 0.3) is 21.3 Å². The van der Waals surface area contributed by atoms with Crippen LogP contribution < -0.4 is 10.9 Å². The Hall–Kier alpha value is -2.90. The van der Waals surface area contributed by atoms with Gasteiger partial charge in [0.1, 0.15) is 4.83 Å². The van der Waals surface area contributed by atoms with Crippen molar-refractivity contribution < 1.29 is 4.79 Å². The summed E-state index contributed by atoms with van der Waals surface area (Å²) in [5, 5.41) is 5.65. The third-order valence-electron chi connectivity index (χ3n) is 5.19. The van der Waals surface area contributed by atoms with Crippen LogP contribution in [0.2, 0.25) is 0 Å². The maximum atomic E-state index is 12.9. The number of nitrogens with one attached hydrogen (secondary N) is 2. The second-order valence-electron chi connectivity index (χ2n) is 7.95. The number of thioether (sulfide) groups is 1. The lowest BCUT2D eigenvalue weighted by molar-refractivity contribution is -0.115. The van der Waals surface area contributed by atoms with Crippen LogP contribution in [0.4, 0.5) is 5.69 Å². The van der Waals surface area contributed by atoms with Crippen LogP contribution >= 0.6 is 23.1 Å². The molecule has 0 bridgehead atoms. The summed E-state index contributed by atoms with van der Waals surface area (Å²) in [4.78, 5) is 34.0. The normalized spacial score (nSPS) is 12.1. The summed E-state index contributed by atoms with van der Waals surface area (Å²) in [6, 6.07) is 14.1. The molecule has 0 aliphatic rings. The first-order valence-corrected chi connectivity index (χ1v) is 12.2. The van der Waals surface area contributed by atoms with Crippen molar-refractivity contribution in [3.05, 3.63) is 74.9 Å². The van der Waals surface area contributed by atoms with Crippen LogP contribution in [0, 0.1) is 20.8 Å². The van der Waals surface area contributed by atoms with Crippen LogP contribution in [0.5, 0.6) is 0 Å². The van der Waals surface area contributed by atoms with Gasteiger partial charge in [-0.2, -0.15) is 0 Å². The molecule has 0 saturated heterocycles. The van der Waals surface area contributed by atoms with Gasteiger partial charge in [0.2, 0.25) is 5.91 Å². The molecular weight excluding hydrogens is 438 g/mol. The molecule has 2 heterocycles. The monoisotopic (exact) mass is 463 g/mol. The third-order valence-corrected chi connectivity index (χ3v) is 7.31. The van der Waals surface area contributed by atoms with Crippen LogP contribution in [-0.2, 0) is 4.79 Å². The Labute approximate surface area is 195 Å². The van der Waals surface area contributed by atoms with E-state index in [1.54, 1.807) is 0 Å². The molecule has 164 valence electrons. The van der Waals surface area contributed by atoms with E-state index in [4.69, 9.17) is 0 Å². The Balaban J connectivity index is 1.58. The van der Waals surface area contributed by atoms with Gasteiger partial charge in [0.05, 0.1) is 10.6 Å². The Morgan fingerprint density at radius 3 is 2.44 bits per heavy atom. The quantitative estimate of drug-likeness (QED) is 0.268. The minimum absolute atomic E-state index is 0.100. The lowest BCUT2D eigenvalue weighted by Gasteiger charge is -2.15. The van der Waals surface area contributed by atoms with E-state index < -0.39 is 0 Å². The van der Waals surface area contributed by atoms with Crippen molar-refractivity contribution in [2.75, 3.05) is 5.32 Å². The highest BCUT2D eigenvalue weighted by atomic mass is 32.2. The number of carbonyl (C=O) groups excluding carboxylic acids is 1. The van der Waals surface area contributed by atoms with Gasteiger partial charge in [-0.15, -0.1) is 11.3 Å². The number of aryl methyl sites for hydroxylation is 3. The van der Waals surface area contributed by atoms with E-state index >= 15 is 0 Å². The zero-order chi connectivity index (χ0) is 22.8. The number of H-pyrrole nitrogens is 1. The van der Waals surface area contributed by atoms with Crippen molar-refractivity contribution >= 4 is 44.9 Å². The van der Waals surface area contributed by atoms with Crippen LogP contribution in [0.3, 0.4) is 0 Å². The molecular formula is C25H25N3O2S2. The number of nitrogens with zero attached hydrogens (tertiary/aromatic N) is 1. The van der Waals surface area contributed by atoms with Crippen LogP contribution in [0.1, 0.15) is 30.0 Å². The molecule has 1 unspecified atom stereocenters. The van der Waals surface area contributed by atoms with E-state index in [2.05, 4.69) is 21.4 Å². The van der Waals surface area contributed by atoms with Crippen molar-refractivity contribution in [1.82, 2.24) is 9.97 Å². The molecule has 5 nitrogen and oxygen atoms in total. The predicted molar refractivity (Wildman–Crippen MR) is 135 cm³/mol. The average molecular weight is 464 g/mol. The van der Waals surface area contributed by atoms with Gasteiger partial charge in [-0.3, -0.25) is 9.59 Å². The number of hydrogen-bond acceptors (Lipinski definition) is 5. The molecule has 32 heavy (non-hydrogen) atoms. The minimum Gasteiger partial charge on any atom is -0.325 e. The van der Waals surface area contributed by atoms with E-state index in [-0.39, 0.29) is 16.7 Å². The summed E-state index contributed by atoms with van der Waals surface area (Å²) in [6.45, 7) is 8.00. The van der Waals surface area contributed by atoms with Gasteiger partial charge in [0.15, 0.2) is 5.16 Å². The molecule has 1 atom stereocenters. The third kappa shape index (κ3) is 4.79. The summed E-state index contributed by atoms with van der Waals surface area (Å²) in [7, 11) is 0. The summed E-state index contributed by atoms with van der Waals surface area (Å²) in [5.41, 5.74) is 5.84. The number of aromatic nitrogens is 2. The van der Waals surface area contributed by atoms with Gasteiger partial charge in [0, 0.05) is 16.6 Å². The van der Waals surface area contributed by atoms with Crippen molar-refractivity contribution in [2.24, 2.45) is 0 Å². The van der Waals surface area contributed by atoms with Crippen molar-refractivity contribution in [2.45, 2.75) is 44.5 Å². The second-order valence-corrected chi connectivity index (χ2v) is 10.00. The summed E-state index contributed by atoms with van der Waals surface area (Å²) in [6.07, 6.45) is 0.613. The molecule has 2 aromatic carbocycles. The topological polar surface area (TPSA) is 74.8 Å². The fourth-order valence-electron chi connectivity index (χ4n) is 3.66. The summed E-state index contributed by atoms with van der Waals surface area (Å²) < 4.78 is 0. The molecule has 2 aromatic heterocycles. The average Bonchev–Trinajstić information content (AvgIpc) is 3.16. The molecule has 0 spiro atoms. The zero-order valence-corrected chi connectivity index (χ0v) is 20.1. The minimum atomic E-state index is -0.368. The van der Waals surface area contributed by atoms with E-state index in [1.165, 1.54) is 28.7 Å². The highest BCUT2D eigenvalue weighted by molar-refractivity contribution is 8.00. The molecule has 4 rings (SSSR count). The number of fused-ring (bicyclic) bond motifs is 1. The van der Waals surface area contributed by atoms with Crippen molar-refractivity contribution in [1.29, 1.82) is 0 Å². The lowest BCUT2D eigenvalue weighted by Crippen LogP contribution is -2.25. The molecule has 0 radical (unpaired) electrons. The SMILES string of the molecule is CCC(Sc1nc2scc(-c3ccc(C)cc3)c2c(=O)[nH]1)C(=O)Nc1cc(C)cc(C)c1. The van der Waals surface area contributed by atoms with E-state index in [1.807, 2.05) is 69.5 Å². The van der Waals surface area contributed by atoms with Gasteiger partial charge in [-0.1, -0.05) is 54.6 Å². The molecule has 0 aliphatic heterocycles. The van der Waals surface area contributed by atoms with Crippen molar-refractivity contribution in [3.8, 4) is 11.1 Å². The van der Waals surface area contributed by atoms with Gasteiger partial charge < -0.3 is 10.3 Å². The standard InChI is InChI=1S/C25H25N3O2S2/c1-5-20(22(29)26-18-11-15(3)10-16(4)12-18)32-25-27-23(30)21-19(13-31-24(21)28-25)17-8-6-14(2)7-9-17/h6-13,20H,5H2,1-4H3,(H,26,29)(H,27,28,30). The van der Waals surface area contributed by atoms with Gasteiger partial charge >= 0.3 is 0 Å². The lowest BCUT2D eigenvalue weighted by atomic mass is 10.1. The Morgan fingerprint density at radius 1 is 1.09 bits per heavy atom. The Bertz CT molecular complexity index is 1320. The first kappa shape index (κ1) is 22.3. The fraction of sp³-hybridized carbons (Fsp3) is 0.240. The van der Waals surface area contributed by atoms with Gasteiger partial charge in [0.25, 0.3) is 5.56 Å². The molecule has 4 aromatic rings. The smallest absolute Gasteiger partial charge is 0.260 e. The predicted octanol–water partition coefficient (Wildman–Crippen LogP) is 6.09. The van der Waals surface area contributed by atoms with Crippen LogP contribution in [0.15, 0.2) is 57.8 Å². The molecule has 0 fully saturated rings. The van der Waals surface area contributed by atoms with Gasteiger partial charge in [-0.25, -0.2) is 4.98 Å². The number of amides is 1. The first-order valence-electron chi connectivity index (χ1n) is 10.5. The number of hydrogen-bond donors (Lipinski definition) is 2. The highest BCUT2D eigenvalue weighted by Gasteiger charge is 2.21. The molecule has 7 heteroatoms. The van der Waals surface area contributed by atoms with E-state index in [0.717, 1.165) is 27.9 Å². The summed E-state index contributed by atoms with van der Waals surface area (Å²) in [5.74, 6) is -0.100. The maximum Gasteiger partial charge on any atom is 0.260 e. The van der Waals surface area contributed by atoms with E-state index in [9.17, 15) is 9.59 Å². The first-order chi connectivity index (χ1) is 15.3. The second kappa shape index (κ2) is 9.30. The fourth-order valence-corrected chi connectivity index (χ4v) is 5.56. The molecule has 2 N–H and O–H groups in total. The van der Waals surface area contributed by atoms with Crippen molar-refractivity contribution in [3.63, 3.8) is 0 Å². The molecule has 1 amide bonds. The molecule has 0 saturated carbocycles. The summed E-state index contributed by atoms with van der Waals surface area (Å²) >= 11 is 2.73. The van der Waals surface area contributed by atoms with Crippen LogP contribution in [-0.4, -0.2) is 21.1 Å². The molecule has 0 aliphatic carbocycles. The number of aromatic amines is 1. The number of rotatable bonds is 6. The number of thiophene rings is 1. The number of benzene rings is 2. The number of carbonyl (C=O) groups is 1. The van der Waals surface area contributed by atoms with E-state index in [0.29, 0.717) is 21.8 Å². The Kier molecular flexibility index (Phi) is 6.48. The zero-order valence-electron chi connectivity index (χ0n) is 18.5. The highest BCUT2D eigenvalue weighted by Crippen LogP contribution is 2.32. The largest absolute Gasteiger partial charge is 0.325 e.